The molecule has 5 heteroatoms. The van der Waals surface area contributed by atoms with Gasteiger partial charge in [-0.25, -0.2) is 4.68 Å². The predicted molar refractivity (Wildman–Crippen MR) is 77.6 cm³/mol. The molecule has 0 bridgehead atoms. The van der Waals surface area contributed by atoms with Crippen LogP contribution in [0.2, 0.25) is 0 Å². The Bertz CT molecular complexity index is 602. The maximum atomic E-state index is 12.1. The van der Waals surface area contributed by atoms with Gasteiger partial charge in [-0.3, -0.25) is 4.79 Å². The molecule has 1 aromatic carbocycles. The molecule has 0 unspecified atom stereocenters. The summed E-state index contributed by atoms with van der Waals surface area (Å²) in [4.78, 5) is 12.1. The molecule has 0 atom stereocenters. The van der Waals surface area contributed by atoms with Gasteiger partial charge in [0.15, 0.2) is 0 Å². The van der Waals surface area contributed by atoms with E-state index in [0.717, 1.165) is 30.6 Å². The Kier molecular flexibility index (Phi) is 3.28. The molecule has 1 fully saturated rings. The van der Waals surface area contributed by atoms with E-state index >= 15 is 0 Å². The van der Waals surface area contributed by atoms with Crippen LogP contribution in [0.4, 0.5) is 5.69 Å². The van der Waals surface area contributed by atoms with E-state index in [-0.39, 0.29) is 11.4 Å². The van der Waals surface area contributed by atoms with E-state index in [9.17, 15) is 4.79 Å². The normalized spacial score (nSPS) is 16.4. The largest absolute Gasteiger partial charge is 0.325 e. The van der Waals surface area contributed by atoms with E-state index < -0.39 is 0 Å². The SMILES string of the molecule is NC1(CC(=O)Nc2ccccc2-n2cccn2)CCC1. The van der Waals surface area contributed by atoms with Gasteiger partial charge in [0, 0.05) is 24.4 Å². The van der Waals surface area contributed by atoms with E-state index in [0.29, 0.717) is 6.42 Å². The number of para-hydroxylation sites is 2. The average Bonchev–Trinajstić information content (AvgIpc) is 2.91. The van der Waals surface area contributed by atoms with Crippen LogP contribution in [0.3, 0.4) is 0 Å². The topological polar surface area (TPSA) is 72.9 Å². The van der Waals surface area contributed by atoms with Gasteiger partial charge in [-0.15, -0.1) is 0 Å². The molecule has 2 aromatic rings. The number of rotatable bonds is 4. The second-order valence-corrected chi connectivity index (χ2v) is 5.41. The molecular formula is C15H18N4O. The molecule has 1 saturated carbocycles. The van der Waals surface area contributed by atoms with Crippen molar-refractivity contribution in [1.82, 2.24) is 9.78 Å². The highest BCUT2D eigenvalue weighted by Crippen LogP contribution is 2.32. The third-order valence-electron chi connectivity index (χ3n) is 3.79. The van der Waals surface area contributed by atoms with Crippen LogP contribution in [0.15, 0.2) is 42.7 Å². The third kappa shape index (κ3) is 2.58. The van der Waals surface area contributed by atoms with Gasteiger partial charge in [0.25, 0.3) is 0 Å². The van der Waals surface area contributed by atoms with Crippen molar-refractivity contribution in [2.24, 2.45) is 5.73 Å². The van der Waals surface area contributed by atoms with Gasteiger partial charge >= 0.3 is 0 Å². The Morgan fingerprint density at radius 1 is 1.35 bits per heavy atom. The number of benzene rings is 1. The summed E-state index contributed by atoms with van der Waals surface area (Å²) in [6.45, 7) is 0. The van der Waals surface area contributed by atoms with E-state index in [4.69, 9.17) is 5.73 Å². The number of hydrogen-bond donors (Lipinski definition) is 2. The molecule has 20 heavy (non-hydrogen) atoms. The van der Waals surface area contributed by atoms with Crippen LogP contribution < -0.4 is 11.1 Å². The maximum Gasteiger partial charge on any atom is 0.226 e. The summed E-state index contributed by atoms with van der Waals surface area (Å²) < 4.78 is 1.73. The molecule has 1 aromatic heterocycles. The van der Waals surface area contributed by atoms with Crippen molar-refractivity contribution in [3.05, 3.63) is 42.7 Å². The first kappa shape index (κ1) is 12.9. The van der Waals surface area contributed by atoms with Gasteiger partial charge in [-0.05, 0) is 37.5 Å². The molecule has 0 aliphatic heterocycles. The van der Waals surface area contributed by atoms with Crippen molar-refractivity contribution in [2.75, 3.05) is 5.32 Å². The van der Waals surface area contributed by atoms with Gasteiger partial charge in [-0.1, -0.05) is 12.1 Å². The number of hydrogen-bond acceptors (Lipinski definition) is 3. The molecule has 104 valence electrons. The van der Waals surface area contributed by atoms with Crippen molar-refractivity contribution >= 4 is 11.6 Å². The number of anilines is 1. The number of aromatic nitrogens is 2. The molecule has 3 N–H and O–H groups in total. The zero-order chi connectivity index (χ0) is 14.0. The predicted octanol–water partition coefficient (Wildman–Crippen LogP) is 2.08. The first-order chi connectivity index (χ1) is 9.66. The van der Waals surface area contributed by atoms with Crippen molar-refractivity contribution in [3.8, 4) is 5.69 Å². The summed E-state index contributed by atoms with van der Waals surface area (Å²) in [5, 5.41) is 7.14. The lowest BCUT2D eigenvalue weighted by molar-refractivity contribution is -0.118. The van der Waals surface area contributed by atoms with Crippen LogP contribution >= 0.6 is 0 Å². The van der Waals surface area contributed by atoms with Crippen molar-refractivity contribution in [3.63, 3.8) is 0 Å². The van der Waals surface area contributed by atoms with Gasteiger partial charge < -0.3 is 11.1 Å². The quantitative estimate of drug-likeness (QED) is 0.893. The van der Waals surface area contributed by atoms with Gasteiger partial charge in [-0.2, -0.15) is 5.10 Å². The Labute approximate surface area is 117 Å². The molecule has 1 aliphatic rings. The molecular weight excluding hydrogens is 252 g/mol. The lowest BCUT2D eigenvalue weighted by Crippen LogP contribution is -2.48. The molecule has 1 aliphatic carbocycles. The van der Waals surface area contributed by atoms with Crippen LogP contribution in [-0.2, 0) is 4.79 Å². The number of carbonyl (C=O) groups is 1. The van der Waals surface area contributed by atoms with Crippen LogP contribution in [0.5, 0.6) is 0 Å². The summed E-state index contributed by atoms with van der Waals surface area (Å²) in [5.74, 6) is -0.0354. The van der Waals surface area contributed by atoms with Crippen molar-refractivity contribution in [1.29, 1.82) is 0 Å². The molecule has 3 rings (SSSR count). The zero-order valence-electron chi connectivity index (χ0n) is 11.2. The van der Waals surface area contributed by atoms with E-state index in [1.54, 1.807) is 10.9 Å². The molecule has 0 saturated heterocycles. The standard InChI is InChI=1S/C15H18N4O/c16-15(7-3-8-15)11-14(20)18-12-5-1-2-6-13(12)19-10-4-9-17-19/h1-2,4-6,9-10H,3,7-8,11,16H2,(H,18,20). The van der Waals surface area contributed by atoms with Crippen LogP contribution in [0, 0.1) is 0 Å². The second kappa shape index (κ2) is 5.09. The smallest absolute Gasteiger partial charge is 0.226 e. The van der Waals surface area contributed by atoms with Crippen LogP contribution in [0.25, 0.3) is 5.69 Å². The maximum absolute atomic E-state index is 12.1. The minimum absolute atomic E-state index is 0.0354. The average molecular weight is 270 g/mol. The molecule has 5 nitrogen and oxygen atoms in total. The summed E-state index contributed by atoms with van der Waals surface area (Å²) in [5.41, 5.74) is 7.42. The third-order valence-corrected chi connectivity index (χ3v) is 3.79. The highest BCUT2D eigenvalue weighted by molar-refractivity contribution is 5.93. The summed E-state index contributed by atoms with van der Waals surface area (Å²) in [6, 6.07) is 9.46. The molecule has 0 radical (unpaired) electrons. The lowest BCUT2D eigenvalue weighted by atomic mass is 9.75. The van der Waals surface area contributed by atoms with Crippen molar-refractivity contribution in [2.45, 2.75) is 31.2 Å². The fourth-order valence-electron chi connectivity index (χ4n) is 2.51. The second-order valence-electron chi connectivity index (χ2n) is 5.41. The first-order valence-electron chi connectivity index (χ1n) is 6.84. The lowest BCUT2D eigenvalue weighted by Gasteiger charge is -2.37. The van der Waals surface area contributed by atoms with Crippen LogP contribution in [-0.4, -0.2) is 21.2 Å². The molecule has 1 amide bonds. The number of nitrogens with one attached hydrogen (secondary N) is 1. The zero-order valence-corrected chi connectivity index (χ0v) is 11.2. The Balaban J connectivity index is 1.76. The van der Waals surface area contributed by atoms with Gasteiger partial charge in [0.05, 0.1) is 11.4 Å². The Hall–Kier alpha value is -2.14. The highest BCUT2D eigenvalue weighted by Gasteiger charge is 2.34. The number of nitrogens with zero attached hydrogens (tertiary/aromatic N) is 2. The van der Waals surface area contributed by atoms with E-state index in [1.165, 1.54) is 0 Å². The number of carbonyl (C=O) groups excluding carboxylic acids is 1. The van der Waals surface area contributed by atoms with Gasteiger partial charge in [0.2, 0.25) is 5.91 Å². The molecule has 1 heterocycles. The molecule has 0 spiro atoms. The first-order valence-corrected chi connectivity index (χ1v) is 6.84. The number of nitrogens with two attached hydrogens (primary N) is 1. The van der Waals surface area contributed by atoms with E-state index in [2.05, 4.69) is 10.4 Å². The summed E-state index contributed by atoms with van der Waals surface area (Å²) in [6.07, 6.45) is 6.92. The minimum atomic E-state index is -0.301. The highest BCUT2D eigenvalue weighted by atomic mass is 16.1. The van der Waals surface area contributed by atoms with Crippen molar-refractivity contribution < 1.29 is 4.79 Å². The minimum Gasteiger partial charge on any atom is -0.325 e. The van der Waals surface area contributed by atoms with Crippen LogP contribution in [0.1, 0.15) is 25.7 Å². The fourth-order valence-corrected chi connectivity index (χ4v) is 2.51. The van der Waals surface area contributed by atoms with Gasteiger partial charge in [0.1, 0.15) is 0 Å². The monoisotopic (exact) mass is 270 g/mol. The Morgan fingerprint density at radius 3 is 2.80 bits per heavy atom. The number of amides is 1. The fraction of sp³-hybridized carbons (Fsp3) is 0.333. The Morgan fingerprint density at radius 2 is 2.15 bits per heavy atom. The van der Waals surface area contributed by atoms with E-state index in [1.807, 2.05) is 36.5 Å². The summed E-state index contributed by atoms with van der Waals surface area (Å²) in [7, 11) is 0. The summed E-state index contributed by atoms with van der Waals surface area (Å²) >= 11 is 0.